The number of hydrogen-bond acceptors (Lipinski definition) is 3. The van der Waals surface area contributed by atoms with Crippen molar-refractivity contribution in [3.8, 4) is 5.75 Å². The van der Waals surface area contributed by atoms with Crippen LogP contribution in [0.2, 0.25) is 0 Å². The summed E-state index contributed by atoms with van der Waals surface area (Å²) in [4.78, 5) is 17.5. The molecule has 0 spiro atoms. The number of amides is 1. The van der Waals surface area contributed by atoms with E-state index in [9.17, 15) is 4.79 Å². The Kier molecular flexibility index (Phi) is 6.32. The summed E-state index contributed by atoms with van der Waals surface area (Å²) in [5.41, 5.74) is 5.25. The van der Waals surface area contributed by atoms with Crippen molar-refractivity contribution in [2.75, 3.05) is 13.7 Å². The van der Waals surface area contributed by atoms with Crippen molar-refractivity contribution in [3.63, 3.8) is 0 Å². The standard InChI is InChI=1S/C26H27N3O2/c1-19-8-7-15-29-24(18-28-26(19)29)23(21-11-6-12-22(16-21)31-2)17-25(30)27-14-13-20-9-4-3-5-10-20/h3-12,15-16,18,23H,13-14,17H2,1-2H3,(H,27,30)/t23-/m1/s1. The van der Waals surface area contributed by atoms with Crippen LogP contribution in [-0.2, 0) is 11.2 Å². The molecule has 31 heavy (non-hydrogen) atoms. The smallest absolute Gasteiger partial charge is 0.221 e. The van der Waals surface area contributed by atoms with Gasteiger partial charge < -0.3 is 14.5 Å². The third-order valence-corrected chi connectivity index (χ3v) is 5.58. The highest BCUT2D eigenvalue weighted by Crippen LogP contribution is 2.31. The molecule has 0 aliphatic carbocycles. The number of nitrogens with zero attached hydrogens (tertiary/aromatic N) is 2. The molecule has 0 aliphatic heterocycles. The molecule has 1 amide bonds. The summed E-state index contributed by atoms with van der Waals surface area (Å²) in [6.45, 7) is 2.66. The number of aryl methyl sites for hydroxylation is 1. The zero-order valence-electron chi connectivity index (χ0n) is 17.9. The molecule has 0 saturated heterocycles. The molecule has 158 valence electrons. The van der Waals surface area contributed by atoms with E-state index in [1.807, 2.05) is 73.9 Å². The van der Waals surface area contributed by atoms with Crippen LogP contribution < -0.4 is 10.1 Å². The van der Waals surface area contributed by atoms with Gasteiger partial charge in [-0.3, -0.25) is 4.79 Å². The van der Waals surface area contributed by atoms with Gasteiger partial charge in [0.2, 0.25) is 5.91 Å². The van der Waals surface area contributed by atoms with E-state index >= 15 is 0 Å². The maximum absolute atomic E-state index is 12.9. The number of imidazole rings is 1. The first-order chi connectivity index (χ1) is 15.2. The highest BCUT2D eigenvalue weighted by molar-refractivity contribution is 5.77. The summed E-state index contributed by atoms with van der Waals surface area (Å²) in [7, 11) is 1.65. The van der Waals surface area contributed by atoms with Crippen molar-refractivity contribution in [1.29, 1.82) is 0 Å². The lowest BCUT2D eigenvalue weighted by molar-refractivity contribution is -0.121. The van der Waals surface area contributed by atoms with Gasteiger partial charge in [-0.05, 0) is 48.2 Å². The molecule has 1 N–H and O–H groups in total. The third-order valence-electron chi connectivity index (χ3n) is 5.58. The number of rotatable bonds is 8. The van der Waals surface area contributed by atoms with E-state index in [1.165, 1.54) is 5.56 Å². The maximum Gasteiger partial charge on any atom is 0.221 e. The minimum absolute atomic E-state index is 0.0198. The predicted octanol–water partition coefficient (Wildman–Crippen LogP) is 4.53. The van der Waals surface area contributed by atoms with E-state index < -0.39 is 0 Å². The summed E-state index contributed by atoms with van der Waals surface area (Å²) in [6.07, 6.45) is 5.03. The van der Waals surface area contributed by atoms with Gasteiger partial charge in [-0.2, -0.15) is 0 Å². The second-order valence-corrected chi connectivity index (χ2v) is 7.69. The molecule has 0 fully saturated rings. The Hall–Kier alpha value is -3.60. The SMILES string of the molecule is COc1cccc([C@@H](CC(=O)NCCc2ccccc2)c2cnc3c(C)cccn23)c1. The first kappa shape index (κ1) is 20.7. The summed E-state index contributed by atoms with van der Waals surface area (Å²) in [6, 6.07) is 22.2. The van der Waals surface area contributed by atoms with Crippen LogP contribution in [0.5, 0.6) is 5.75 Å². The molecule has 1 atom stereocenters. The Labute approximate surface area is 182 Å². The van der Waals surface area contributed by atoms with Crippen molar-refractivity contribution in [2.24, 2.45) is 0 Å². The summed E-state index contributed by atoms with van der Waals surface area (Å²) in [5, 5.41) is 3.08. The summed E-state index contributed by atoms with van der Waals surface area (Å²) >= 11 is 0. The van der Waals surface area contributed by atoms with Gasteiger partial charge in [0.05, 0.1) is 12.8 Å². The Bertz CT molecular complexity index is 1170. The van der Waals surface area contributed by atoms with E-state index in [-0.39, 0.29) is 11.8 Å². The van der Waals surface area contributed by atoms with Crippen LogP contribution in [0.1, 0.15) is 34.7 Å². The molecule has 0 unspecified atom stereocenters. The Morgan fingerprint density at radius 1 is 1.10 bits per heavy atom. The quantitative estimate of drug-likeness (QED) is 0.462. The summed E-state index contributed by atoms with van der Waals surface area (Å²) in [5.74, 6) is 0.659. The normalized spacial score (nSPS) is 11.9. The number of carbonyl (C=O) groups is 1. The fourth-order valence-electron chi connectivity index (χ4n) is 3.93. The van der Waals surface area contributed by atoms with Crippen molar-refractivity contribution in [1.82, 2.24) is 14.7 Å². The number of carbonyl (C=O) groups excluding carboxylic acids is 1. The number of benzene rings is 2. The minimum atomic E-state index is -0.136. The fraction of sp³-hybridized carbons (Fsp3) is 0.231. The van der Waals surface area contributed by atoms with Gasteiger partial charge in [0.15, 0.2) is 0 Å². The Morgan fingerprint density at radius 3 is 2.74 bits per heavy atom. The molecular weight excluding hydrogens is 386 g/mol. The van der Waals surface area contributed by atoms with Gasteiger partial charge in [0.25, 0.3) is 0 Å². The van der Waals surface area contributed by atoms with Crippen molar-refractivity contribution >= 4 is 11.6 Å². The van der Waals surface area contributed by atoms with Crippen LogP contribution in [0.15, 0.2) is 79.1 Å². The number of ether oxygens (including phenoxy) is 1. The highest BCUT2D eigenvalue weighted by atomic mass is 16.5. The Balaban J connectivity index is 1.58. The van der Waals surface area contributed by atoms with Gasteiger partial charge in [-0.15, -0.1) is 0 Å². The lowest BCUT2D eigenvalue weighted by Gasteiger charge is -2.18. The average molecular weight is 414 g/mol. The van der Waals surface area contributed by atoms with E-state index in [0.717, 1.165) is 34.6 Å². The van der Waals surface area contributed by atoms with E-state index in [0.29, 0.717) is 13.0 Å². The van der Waals surface area contributed by atoms with Gasteiger partial charge in [0.1, 0.15) is 11.4 Å². The molecule has 0 bridgehead atoms. The van der Waals surface area contributed by atoms with Crippen LogP contribution in [0.25, 0.3) is 5.65 Å². The van der Waals surface area contributed by atoms with Gasteiger partial charge in [-0.25, -0.2) is 4.98 Å². The molecule has 4 rings (SSSR count). The molecule has 0 saturated carbocycles. The average Bonchev–Trinajstić information content (AvgIpc) is 3.23. The molecule has 2 heterocycles. The second kappa shape index (κ2) is 9.47. The van der Waals surface area contributed by atoms with Crippen LogP contribution >= 0.6 is 0 Å². The number of aromatic nitrogens is 2. The van der Waals surface area contributed by atoms with Gasteiger partial charge in [0, 0.05) is 31.3 Å². The number of nitrogens with one attached hydrogen (secondary N) is 1. The maximum atomic E-state index is 12.9. The van der Waals surface area contributed by atoms with Crippen LogP contribution in [0, 0.1) is 6.92 Å². The molecular formula is C26H27N3O2. The topological polar surface area (TPSA) is 55.6 Å². The first-order valence-electron chi connectivity index (χ1n) is 10.5. The number of hydrogen-bond donors (Lipinski definition) is 1. The molecule has 2 aromatic carbocycles. The monoisotopic (exact) mass is 413 g/mol. The van der Waals surface area contributed by atoms with Crippen molar-refractivity contribution < 1.29 is 9.53 Å². The van der Waals surface area contributed by atoms with Gasteiger partial charge >= 0.3 is 0 Å². The highest BCUT2D eigenvalue weighted by Gasteiger charge is 2.22. The van der Waals surface area contributed by atoms with E-state index in [1.54, 1.807) is 7.11 Å². The third kappa shape index (κ3) is 4.77. The van der Waals surface area contributed by atoms with Crippen LogP contribution in [-0.4, -0.2) is 28.9 Å². The summed E-state index contributed by atoms with van der Waals surface area (Å²) < 4.78 is 7.50. The first-order valence-corrected chi connectivity index (χ1v) is 10.5. The van der Waals surface area contributed by atoms with E-state index in [4.69, 9.17) is 4.74 Å². The minimum Gasteiger partial charge on any atom is -0.497 e. The lowest BCUT2D eigenvalue weighted by atomic mass is 9.92. The number of methoxy groups -OCH3 is 1. The molecule has 4 aromatic rings. The zero-order valence-corrected chi connectivity index (χ0v) is 17.9. The molecule has 5 nitrogen and oxygen atoms in total. The molecule has 0 radical (unpaired) electrons. The number of fused-ring (bicyclic) bond motifs is 1. The second-order valence-electron chi connectivity index (χ2n) is 7.69. The molecule has 0 aliphatic rings. The van der Waals surface area contributed by atoms with Crippen LogP contribution in [0.3, 0.4) is 0 Å². The lowest BCUT2D eigenvalue weighted by Crippen LogP contribution is -2.27. The predicted molar refractivity (Wildman–Crippen MR) is 123 cm³/mol. The molecule has 2 aromatic heterocycles. The van der Waals surface area contributed by atoms with Crippen molar-refractivity contribution in [2.45, 2.75) is 25.7 Å². The number of pyridine rings is 1. The zero-order chi connectivity index (χ0) is 21.6. The fourth-order valence-corrected chi connectivity index (χ4v) is 3.93. The van der Waals surface area contributed by atoms with E-state index in [2.05, 4.69) is 26.8 Å². The van der Waals surface area contributed by atoms with Gasteiger partial charge in [-0.1, -0.05) is 48.5 Å². The Morgan fingerprint density at radius 2 is 1.94 bits per heavy atom. The van der Waals surface area contributed by atoms with Crippen molar-refractivity contribution in [3.05, 3.63) is 102 Å². The largest absolute Gasteiger partial charge is 0.497 e. The molecule has 5 heteroatoms. The van der Waals surface area contributed by atoms with Crippen LogP contribution in [0.4, 0.5) is 0 Å².